The van der Waals surface area contributed by atoms with Crippen molar-refractivity contribution in [3.05, 3.63) is 11.2 Å². The number of ether oxygens (including phenoxy) is 1. The predicted octanol–water partition coefficient (Wildman–Crippen LogP) is 1.64. The molecule has 0 bridgehead atoms. The standard InChI is InChI=1S/C7H5ClF3N3O2/c1-16-4-2-3(8)12-6(13-4)14-5(15)7(9,10)11/h2H,1H3,(H,12,13,14,15). The van der Waals surface area contributed by atoms with Crippen LogP contribution < -0.4 is 10.1 Å². The molecule has 0 saturated heterocycles. The molecule has 88 valence electrons. The molecule has 1 aromatic heterocycles. The largest absolute Gasteiger partial charge is 0.481 e. The maximum absolute atomic E-state index is 11.9. The Balaban J connectivity index is 2.89. The lowest BCUT2D eigenvalue weighted by molar-refractivity contribution is -0.167. The average Bonchev–Trinajstić information content (AvgIpc) is 2.15. The molecule has 0 spiro atoms. The Bertz CT molecular complexity index is 410. The number of anilines is 1. The van der Waals surface area contributed by atoms with Crippen LogP contribution in [0.5, 0.6) is 5.88 Å². The van der Waals surface area contributed by atoms with Crippen LogP contribution >= 0.6 is 11.6 Å². The highest BCUT2D eigenvalue weighted by Gasteiger charge is 2.39. The Kier molecular flexibility index (Phi) is 3.53. The van der Waals surface area contributed by atoms with Crippen LogP contribution in [0.3, 0.4) is 0 Å². The zero-order valence-electron chi connectivity index (χ0n) is 7.80. The van der Waals surface area contributed by atoms with Crippen LogP contribution in [0.1, 0.15) is 0 Å². The molecule has 9 heteroatoms. The summed E-state index contributed by atoms with van der Waals surface area (Å²) in [7, 11) is 1.24. The van der Waals surface area contributed by atoms with E-state index in [2.05, 4.69) is 14.7 Å². The van der Waals surface area contributed by atoms with E-state index in [1.54, 1.807) is 0 Å². The van der Waals surface area contributed by atoms with Crippen molar-refractivity contribution in [1.82, 2.24) is 9.97 Å². The van der Waals surface area contributed by atoms with Crippen molar-refractivity contribution in [2.24, 2.45) is 0 Å². The van der Waals surface area contributed by atoms with Gasteiger partial charge in [0.15, 0.2) is 0 Å². The minimum atomic E-state index is -5.01. The summed E-state index contributed by atoms with van der Waals surface area (Å²) in [6.45, 7) is 0. The number of halogens is 4. The van der Waals surface area contributed by atoms with Crippen LogP contribution in [0, 0.1) is 0 Å². The van der Waals surface area contributed by atoms with E-state index in [-0.39, 0.29) is 11.0 Å². The number of aromatic nitrogens is 2. The van der Waals surface area contributed by atoms with E-state index >= 15 is 0 Å². The maximum atomic E-state index is 11.9. The number of alkyl halides is 3. The molecular weight excluding hydrogens is 251 g/mol. The van der Waals surface area contributed by atoms with Crippen LogP contribution in [0.25, 0.3) is 0 Å². The molecule has 0 aliphatic rings. The monoisotopic (exact) mass is 255 g/mol. The lowest BCUT2D eigenvalue weighted by atomic mass is 10.5. The minimum Gasteiger partial charge on any atom is -0.481 e. The Morgan fingerprint density at radius 1 is 1.50 bits per heavy atom. The van der Waals surface area contributed by atoms with Gasteiger partial charge in [-0.15, -0.1) is 0 Å². The fraction of sp³-hybridized carbons (Fsp3) is 0.286. The summed E-state index contributed by atoms with van der Waals surface area (Å²) in [5.41, 5.74) is 0. The molecule has 0 aliphatic heterocycles. The number of carbonyl (C=O) groups excluding carboxylic acids is 1. The van der Waals surface area contributed by atoms with E-state index < -0.39 is 18.0 Å². The molecule has 0 radical (unpaired) electrons. The molecule has 1 heterocycles. The minimum absolute atomic E-state index is 0.0579. The number of hydrogen-bond acceptors (Lipinski definition) is 4. The number of amides is 1. The summed E-state index contributed by atoms with van der Waals surface area (Å²) in [6.07, 6.45) is -5.01. The lowest BCUT2D eigenvalue weighted by Crippen LogP contribution is -2.30. The second-order valence-corrected chi connectivity index (χ2v) is 2.90. The van der Waals surface area contributed by atoms with Crippen LogP contribution in [0.15, 0.2) is 6.07 Å². The molecule has 0 saturated carbocycles. The first-order valence-electron chi connectivity index (χ1n) is 3.79. The topological polar surface area (TPSA) is 64.1 Å². The molecule has 1 amide bonds. The molecule has 0 unspecified atom stereocenters. The molecule has 1 N–H and O–H groups in total. The third-order valence-electron chi connectivity index (χ3n) is 1.36. The first kappa shape index (κ1) is 12.5. The van der Waals surface area contributed by atoms with Gasteiger partial charge in [-0.05, 0) is 0 Å². The van der Waals surface area contributed by atoms with Gasteiger partial charge >= 0.3 is 12.1 Å². The quantitative estimate of drug-likeness (QED) is 0.816. The van der Waals surface area contributed by atoms with E-state index in [1.165, 1.54) is 18.5 Å². The van der Waals surface area contributed by atoms with Crippen LogP contribution in [0.4, 0.5) is 19.1 Å². The summed E-state index contributed by atoms with van der Waals surface area (Å²) < 4.78 is 40.3. The number of hydrogen-bond donors (Lipinski definition) is 1. The molecule has 1 rings (SSSR count). The van der Waals surface area contributed by atoms with E-state index in [0.29, 0.717) is 0 Å². The molecule has 5 nitrogen and oxygen atoms in total. The fourth-order valence-electron chi connectivity index (χ4n) is 0.730. The second kappa shape index (κ2) is 4.52. The highest BCUT2D eigenvalue weighted by molar-refractivity contribution is 6.29. The van der Waals surface area contributed by atoms with E-state index in [4.69, 9.17) is 11.6 Å². The maximum Gasteiger partial charge on any atom is 0.471 e. The van der Waals surface area contributed by atoms with E-state index in [0.717, 1.165) is 0 Å². The third-order valence-corrected chi connectivity index (χ3v) is 1.56. The zero-order valence-corrected chi connectivity index (χ0v) is 8.56. The van der Waals surface area contributed by atoms with Crippen LogP contribution in [-0.2, 0) is 4.79 Å². The van der Waals surface area contributed by atoms with Gasteiger partial charge in [0, 0.05) is 6.07 Å². The molecule has 0 aliphatic carbocycles. The average molecular weight is 256 g/mol. The smallest absolute Gasteiger partial charge is 0.471 e. The van der Waals surface area contributed by atoms with Gasteiger partial charge < -0.3 is 4.74 Å². The highest BCUT2D eigenvalue weighted by Crippen LogP contribution is 2.19. The number of carbonyl (C=O) groups is 1. The third kappa shape index (κ3) is 3.23. The van der Waals surface area contributed by atoms with Crippen molar-refractivity contribution in [1.29, 1.82) is 0 Å². The lowest BCUT2D eigenvalue weighted by Gasteiger charge is -2.07. The summed E-state index contributed by atoms with van der Waals surface area (Å²) >= 11 is 5.46. The molecule has 1 aromatic rings. The van der Waals surface area contributed by atoms with Crippen molar-refractivity contribution >= 4 is 23.5 Å². The second-order valence-electron chi connectivity index (χ2n) is 2.51. The summed E-state index contributed by atoms with van der Waals surface area (Å²) in [5, 5.41) is 1.30. The summed E-state index contributed by atoms with van der Waals surface area (Å²) in [6, 6.07) is 1.19. The van der Waals surface area contributed by atoms with Gasteiger partial charge in [-0.25, -0.2) is 4.98 Å². The summed E-state index contributed by atoms with van der Waals surface area (Å²) in [4.78, 5) is 17.4. The van der Waals surface area contributed by atoms with E-state index in [9.17, 15) is 18.0 Å². The van der Waals surface area contributed by atoms with Crippen molar-refractivity contribution in [3.63, 3.8) is 0 Å². The number of nitrogens with one attached hydrogen (secondary N) is 1. The van der Waals surface area contributed by atoms with Crippen molar-refractivity contribution in [2.45, 2.75) is 6.18 Å². The van der Waals surface area contributed by atoms with Gasteiger partial charge in [0.25, 0.3) is 0 Å². The Morgan fingerprint density at radius 2 is 2.12 bits per heavy atom. The van der Waals surface area contributed by atoms with Gasteiger partial charge in [0.1, 0.15) is 5.15 Å². The predicted molar refractivity (Wildman–Crippen MR) is 48.3 cm³/mol. The van der Waals surface area contributed by atoms with Crippen LogP contribution in [0.2, 0.25) is 5.15 Å². The van der Waals surface area contributed by atoms with Gasteiger partial charge in [0.2, 0.25) is 11.8 Å². The first-order valence-corrected chi connectivity index (χ1v) is 4.17. The molecule has 0 aromatic carbocycles. The van der Waals surface area contributed by atoms with Gasteiger partial charge in [-0.2, -0.15) is 18.2 Å². The highest BCUT2D eigenvalue weighted by atomic mass is 35.5. The van der Waals surface area contributed by atoms with E-state index in [1.807, 2.05) is 0 Å². The summed E-state index contributed by atoms with van der Waals surface area (Å²) in [5.74, 6) is -2.82. The number of rotatable bonds is 2. The van der Waals surface area contributed by atoms with Crippen LogP contribution in [-0.4, -0.2) is 29.2 Å². The fourth-order valence-corrected chi connectivity index (χ4v) is 0.903. The first-order chi connectivity index (χ1) is 7.32. The zero-order chi connectivity index (χ0) is 12.3. The SMILES string of the molecule is COc1cc(Cl)nc(NC(=O)C(F)(F)F)n1. The van der Waals surface area contributed by atoms with Crippen molar-refractivity contribution in [2.75, 3.05) is 12.4 Å². The van der Waals surface area contributed by atoms with Gasteiger partial charge in [0.05, 0.1) is 7.11 Å². The molecule has 0 atom stereocenters. The van der Waals surface area contributed by atoms with Crippen molar-refractivity contribution in [3.8, 4) is 5.88 Å². The normalized spacial score (nSPS) is 11.1. The van der Waals surface area contributed by atoms with Crippen molar-refractivity contribution < 1.29 is 22.7 Å². The van der Waals surface area contributed by atoms with Gasteiger partial charge in [-0.1, -0.05) is 11.6 Å². The Labute approximate surface area is 92.6 Å². The Morgan fingerprint density at radius 3 is 2.62 bits per heavy atom. The number of nitrogens with zero attached hydrogens (tertiary/aromatic N) is 2. The number of methoxy groups -OCH3 is 1. The molecular formula is C7H5ClF3N3O2. The molecule has 16 heavy (non-hydrogen) atoms. The molecule has 0 fully saturated rings. The van der Waals surface area contributed by atoms with Gasteiger partial charge in [-0.3, -0.25) is 10.1 Å². The Hall–Kier alpha value is -1.57.